The number of carbonyl (C=O) groups is 1. The number of benzene rings is 2. The fraction of sp³-hybridized carbons (Fsp3) is 0.120. The highest BCUT2D eigenvalue weighted by Gasteiger charge is 2.21. The van der Waals surface area contributed by atoms with Crippen LogP contribution < -0.4 is 10.1 Å². The number of nitrogens with zero attached hydrogens (tertiary/aromatic N) is 4. The summed E-state index contributed by atoms with van der Waals surface area (Å²) in [4.78, 5) is 17.7. The van der Waals surface area contributed by atoms with Gasteiger partial charge in [0.1, 0.15) is 11.4 Å². The lowest BCUT2D eigenvalue weighted by Crippen LogP contribution is -2.13. The van der Waals surface area contributed by atoms with E-state index >= 15 is 0 Å². The van der Waals surface area contributed by atoms with Gasteiger partial charge in [-0.2, -0.15) is 5.10 Å². The summed E-state index contributed by atoms with van der Waals surface area (Å²) in [5, 5.41) is 12.7. The SMILES string of the molecule is COc1ccc(-c2noc3nc(C)cc(C(=O)Nc4cnn(Cc5ccc(Cl)cc5)c4)c23)cc1. The molecule has 9 heteroatoms. The molecule has 0 fully saturated rings. The van der Waals surface area contributed by atoms with E-state index in [-0.39, 0.29) is 5.91 Å². The van der Waals surface area contributed by atoms with Crippen molar-refractivity contribution < 1.29 is 14.1 Å². The highest BCUT2D eigenvalue weighted by molar-refractivity contribution is 6.30. The first-order valence-corrected chi connectivity index (χ1v) is 10.9. The Morgan fingerprint density at radius 3 is 2.65 bits per heavy atom. The molecule has 0 aliphatic rings. The number of nitrogens with one attached hydrogen (secondary N) is 1. The molecule has 2 aromatic carbocycles. The second-order valence-electron chi connectivity index (χ2n) is 7.76. The van der Waals surface area contributed by atoms with Crippen molar-refractivity contribution in [3.05, 3.63) is 88.8 Å². The van der Waals surface area contributed by atoms with Crippen LogP contribution in [0.2, 0.25) is 5.02 Å². The van der Waals surface area contributed by atoms with Gasteiger partial charge in [0.15, 0.2) is 0 Å². The number of hydrogen-bond donors (Lipinski definition) is 1. The Morgan fingerprint density at radius 2 is 1.91 bits per heavy atom. The van der Waals surface area contributed by atoms with Gasteiger partial charge in [0, 0.05) is 22.5 Å². The van der Waals surface area contributed by atoms with Crippen LogP contribution in [0.1, 0.15) is 21.6 Å². The zero-order valence-electron chi connectivity index (χ0n) is 18.4. The summed E-state index contributed by atoms with van der Waals surface area (Å²) in [6.45, 7) is 2.36. The topological polar surface area (TPSA) is 95.1 Å². The van der Waals surface area contributed by atoms with Crippen molar-refractivity contribution in [2.24, 2.45) is 0 Å². The van der Waals surface area contributed by atoms with Crippen LogP contribution in [0.4, 0.5) is 5.69 Å². The van der Waals surface area contributed by atoms with Crippen molar-refractivity contribution in [1.29, 1.82) is 0 Å². The lowest BCUT2D eigenvalue weighted by atomic mass is 10.0. The summed E-state index contributed by atoms with van der Waals surface area (Å²) < 4.78 is 12.4. The first-order chi connectivity index (χ1) is 16.5. The van der Waals surface area contributed by atoms with Gasteiger partial charge in [-0.15, -0.1) is 0 Å². The maximum atomic E-state index is 13.3. The van der Waals surface area contributed by atoms with Crippen LogP contribution in [0.5, 0.6) is 5.75 Å². The van der Waals surface area contributed by atoms with Gasteiger partial charge in [0.05, 0.1) is 36.5 Å². The molecule has 0 saturated heterocycles. The van der Waals surface area contributed by atoms with Crippen LogP contribution in [-0.4, -0.2) is 32.9 Å². The molecule has 0 radical (unpaired) electrons. The number of aryl methyl sites for hydroxylation is 1. The lowest BCUT2D eigenvalue weighted by Gasteiger charge is -2.06. The molecule has 8 nitrogen and oxygen atoms in total. The third-order valence-electron chi connectivity index (χ3n) is 5.33. The molecule has 5 aromatic rings. The van der Waals surface area contributed by atoms with Gasteiger partial charge in [0.25, 0.3) is 11.6 Å². The Balaban J connectivity index is 1.43. The van der Waals surface area contributed by atoms with E-state index < -0.39 is 0 Å². The number of fused-ring (bicyclic) bond motifs is 1. The van der Waals surface area contributed by atoms with Crippen molar-refractivity contribution in [1.82, 2.24) is 19.9 Å². The number of aromatic nitrogens is 4. The Morgan fingerprint density at radius 1 is 1.15 bits per heavy atom. The Hall–Kier alpha value is -4.17. The van der Waals surface area contributed by atoms with Crippen LogP contribution in [0.15, 0.2) is 71.5 Å². The molecule has 170 valence electrons. The summed E-state index contributed by atoms with van der Waals surface area (Å²) in [5.41, 5.74) is 4.31. The third kappa shape index (κ3) is 4.35. The first-order valence-electron chi connectivity index (χ1n) is 10.5. The van der Waals surface area contributed by atoms with Crippen LogP contribution in [0.3, 0.4) is 0 Å². The number of rotatable bonds is 6. The molecule has 3 aromatic heterocycles. The molecule has 34 heavy (non-hydrogen) atoms. The molecule has 0 spiro atoms. The molecule has 1 amide bonds. The van der Waals surface area contributed by atoms with E-state index in [0.29, 0.717) is 45.3 Å². The van der Waals surface area contributed by atoms with E-state index in [2.05, 4.69) is 20.6 Å². The van der Waals surface area contributed by atoms with Gasteiger partial charge >= 0.3 is 0 Å². The number of carbonyl (C=O) groups excluding carboxylic acids is 1. The van der Waals surface area contributed by atoms with Crippen molar-refractivity contribution >= 4 is 34.3 Å². The molecule has 0 aliphatic carbocycles. The maximum absolute atomic E-state index is 13.3. The summed E-state index contributed by atoms with van der Waals surface area (Å²) in [6.07, 6.45) is 3.38. The van der Waals surface area contributed by atoms with Crippen LogP contribution >= 0.6 is 11.6 Å². The van der Waals surface area contributed by atoms with Crippen molar-refractivity contribution in [3.63, 3.8) is 0 Å². The molecular weight excluding hydrogens is 454 g/mol. The van der Waals surface area contributed by atoms with Crippen molar-refractivity contribution in [2.45, 2.75) is 13.5 Å². The quantitative estimate of drug-likeness (QED) is 0.357. The number of anilines is 1. The van der Waals surface area contributed by atoms with Crippen LogP contribution in [-0.2, 0) is 6.54 Å². The number of pyridine rings is 1. The van der Waals surface area contributed by atoms with Crippen molar-refractivity contribution in [3.8, 4) is 17.0 Å². The molecule has 0 atom stereocenters. The second kappa shape index (κ2) is 8.99. The number of hydrogen-bond acceptors (Lipinski definition) is 6. The predicted molar refractivity (Wildman–Crippen MR) is 129 cm³/mol. The number of ether oxygens (including phenoxy) is 1. The first kappa shape index (κ1) is 21.7. The number of methoxy groups -OCH3 is 1. The van der Waals surface area contributed by atoms with Gasteiger partial charge in [-0.3, -0.25) is 9.48 Å². The van der Waals surface area contributed by atoms with Crippen LogP contribution in [0, 0.1) is 6.92 Å². The van der Waals surface area contributed by atoms with E-state index in [0.717, 1.165) is 16.9 Å². The molecule has 5 rings (SSSR count). The van der Waals surface area contributed by atoms with Gasteiger partial charge in [-0.25, -0.2) is 4.98 Å². The fourth-order valence-electron chi connectivity index (χ4n) is 3.69. The Labute approximate surface area is 200 Å². The average molecular weight is 474 g/mol. The minimum Gasteiger partial charge on any atom is -0.497 e. The smallest absolute Gasteiger partial charge is 0.259 e. The van der Waals surface area contributed by atoms with E-state index in [4.69, 9.17) is 20.9 Å². The normalized spacial score (nSPS) is 11.0. The predicted octanol–water partition coefficient (Wildman–Crippen LogP) is 5.36. The summed E-state index contributed by atoms with van der Waals surface area (Å²) in [7, 11) is 1.60. The molecule has 0 saturated carbocycles. The molecule has 0 aliphatic heterocycles. The zero-order chi connectivity index (χ0) is 23.7. The summed E-state index contributed by atoms with van der Waals surface area (Å²) in [6, 6.07) is 16.6. The summed E-state index contributed by atoms with van der Waals surface area (Å²) in [5.74, 6) is 0.415. The molecule has 0 unspecified atom stereocenters. The highest BCUT2D eigenvalue weighted by Crippen LogP contribution is 2.31. The Kier molecular flexibility index (Phi) is 5.73. The number of halogens is 1. The zero-order valence-corrected chi connectivity index (χ0v) is 19.2. The van der Waals surface area contributed by atoms with Crippen molar-refractivity contribution in [2.75, 3.05) is 12.4 Å². The van der Waals surface area contributed by atoms with E-state index in [1.807, 2.05) is 48.5 Å². The van der Waals surface area contributed by atoms with Gasteiger partial charge in [-0.05, 0) is 55.0 Å². The molecule has 1 N–H and O–H groups in total. The largest absolute Gasteiger partial charge is 0.497 e. The average Bonchev–Trinajstić information content (AvgIpc) is 3.46. The lowest BCUT2D eigenvalue weighted by molar-refractivity contribution is 0.102. The van der Waals surface area contributed by atoms with Gasteiger partial charge in [0.2, 0.25) is 0 Å². The van der Waals surface area contributed by atoms with E-state index in [9.17, 15) is 4.79 Å². The second-order valence-corrected chi connectivity index (χ2v) is 8.19. The van der Waals surface area contributed by atoms with E-state index in [1.165, 1.54) is 0 Å². The van der Waals surface area contributed by atoms with Gasteiger partial charge in [-0.1, -0.05) is 28.9 Å². The minimum atomic E-state index is -0.306. The van der Waals surface area contributed by atoms with Crippen LogP contribution in [0.25, 0.3) is 22.4 Å². The highest BCUT2D eigenvalue weighted by atomic mass is 35.5. The standard InChI is InChI=1S/C25H20ClN5O3/c1-15-11-21(22-23(30-34-25(22)28-15)17-5-9-20(33-2)10-6-17)24(32)29-19-12-27-31(14-19)13-16-3-7-18(26)8-4-16/h3-12,14H,13H2,1-2H3,(H,29,32). The molecule has 3 heterocycles. The molecule has 0 bridgehead atoms. The number of amides is 1. The van der Waals surface area contributed by atoms with Gasteiger partial charge < -0.3 is 14.6 Å². The monoisotopic (exact) mass is 473 g/mol. The maximum Gasteiger partial charge on any atom is 0.259 e. The summed E-state index contributed by atoms with van der Waals surface area (Å²) >= 11 is 5.95. The Bertz CT molecular complexity index is 1470. The fourth-order valence-corrected chi connectivity index (χ4v) is 3.81. The third-order valence-corrected chi connectivity index (χ3v) is 5.58. The minimum absolute atomic E-state index is 0.300. The molecular formula is C25H20ClN5O3. The van der Waals surface area contributed by atoms with E-state index in [1.54, 1.807) is 37.2 Å².